The summed E-state index contributed by atoms with van der Waals surface area (Å²) >= 11 is 0. The van der Waals surface area contributed by atoms with E-state index >= 15 is 0 Å². The number of anilines is 1. The molecule has 106 valence electrons. The van der Waals surface area contributed by atoms with Crippen LogP contribution >= 0.6 is 0 Å². The summed E-state index contributed by atoms with van der Waals surface area (Å²) in [6.07, 6.45) is 5.41. The monoisotopic (exact) mass is 274 g/mol. The summed E-state index contributed by atoms with van der Waals surface area (Å²) in [5.74, 6) is 0. The van der Waals surface area contributed by atoms with Crippen LogP contribution in [0.5, 0.6) is 0 Å². The first-order chi connectivity index (χ1) is 9.63. The summed E-state index contributed by atoms with van der Waals surface area (Å²) < 4.78 is 0. The smallest absolute Gasteiger partial charge is 0.316 e. The van der Waals surface area contributed by atoms with Crippen LogP contribution in [-0.4, -0.2) is 16.0 Å². The fraction of sp³-hybridized carbons (Fsp3) is 0.357. The van der Waals surface area contributed by atoms with Crippen LogP contribution in [0.3, 0.4) is 0 Å². The Morgan fingerprint density at radius 3 is 2.95 bits per heavy atom. The first kappa shape index (κ1) is 14.0. The fourth-order valence-electron chi connectivity index (χ4n) is 2.26. The number of amides is 2. The predicted octanol–water partition coefficient (Wildman–Crippen LogP) is 2.15. The molecule has 0 aliphatic carbocycles. The van der Waals surface area contributed by atoms with Crippen molar-refractivity contribution in [2.24, 2.45) is 5.73 Å². The van der Waals surface area contributed by atoms with Crippen molar-refractivity contribution in [2.75, 3.05) is 5.32 Å². The molecule has 0 radical (unpaired) electrons. The summed E-state index contributed by atoms with van der Waals surface area (Å²) in [6, 6.07) is 2.94. The lowest BCUT2D eigenvalue weighted by Gasteiger charge is -2.11. The zero-order chi connectivity index (χ0) is 14.5. The van der Waals surface area contributed by atoms with E-state index in [4.69, 9.17) is 5.73 Å². The van der Waals surface area contributed by atoms with Crippen molar-refractivity contribution in [3.63, 3.8) is 0 Å². The zero-order valence-corrected chi connectivity index (χ0v) is 11.4. The van der Waals surface area contributed by atoms with Crippen LogP contribution in [0, 0.1) is 0 Å². The highest BCUT2D eigenvalue weighted by atomic mass is 16.2. The van der Waals surface area contributed by atoms with Gasteiger partial charge in [0.05, 0.1) is 0 Å². The van der Waals surface area contributed by atoms with Gasteiger partial charge in [-0.15, -0.1) is 0 Å². The van der Waals surface area contributed by atoms with E-state index in [9.17, 15) is 9.59 Å². The lowest BCUT2D eigenvalue weighted by molar-refractivity contribution is 0.259. The fourth-order valence-corrected chi connectivity index (χ4v) is 2.26. The van der Waals surface area contributed by atoms with Crippen molar-refractivity contribution in [3.8, 4) is 0 Å². The lowest BCUT2D eigenvalue weighted by Crippen LogP contribution is -2.26. The Kier molecular flexibility index (Phi) is 4.34. The molecule has 6 heteroatoms. The number of hydrogen-bond donors (Lipinski definition) is 3. The maximum atomic E-state index is 12.1. The van der Waals surface area contributed by atoms with Gasteiger partial charge < -0.3 is 16.0 Å². The van der Waals surface area contributed by atoms with Crippen molar-refractivity contribution < 1.29 is 4.79 Å². The van der Waals surface area contributed by atoms with E-state index in [1.165, 1.54) is 0 Å². The Hall–Kier alpha value is -2.37. The molecule has 2 amide bonds. The minimum atomic E-state index is -0.740. The molecule has 20 heavy (non-hydrogen) atoms. The summed E-state index contributed by atoms with van der Waals surface area (Å²) in [6.45, 7) is 2.11. The van der Waals surface area contributed by atoms with Crippen molar-refractivity contribution in [1.82, 2.24) is 9.97 Å². The SMILES string of the molecule is CCCCCc1c(NC(N)=O)c(=O)[nH]c2ncccc12. The Balaban J connectivity index is 2.55. The number of nitrogens with one attached hydrogen (secondary N) is 2. The second-order valence-electron chi connectivity index (χ2n) is 4.65. The molecule has 0 spiro atoms. The van der Waals surface area contributed by atoms with E-state index in [2.05, 4.69) is 22.2 Å². The van der Waals surface area contributed by atoms with Gasteiger partial charge in [0, 0.05) is 11.6 Å². The molecule has 2 heterocycles. The molecule has 0 atom stereocenters. The van der Waals surface area contributed by atoms with Crippen LogP contribution in [0.2, 0.25) is 0 Å². The molecular formula is C14H18N4O2. The van der Waals surface area contributed by atoms with Gasteiger partial charge in [0.25, 0.3) is 5.56 Å². The topological polar surface area (TPSA) is 101 Å². The Bertz CT molecular complexity index is 678. The average Bonchev–Trinajstić information content (AvgIpc) is 2.41. The van der Waals surface area contributed by atoms with Crippen LogP contribution in [0.4, 0.5) is 10.5 Å². The number of rotatable bonds is 5. The minimum absolute atomic E-state index is 0.231. The number of unbranched alkanes of at least 4 members (excludes halogenated alkanes) is 2. The molecule has 0 saturated carbocycles. The molecule has 0 aromatic carbocycles. The van der Waals surface area contributed by atoms with Gasteiger partial charge in [-0.3, -0.25) is 4.79 Å². The second kappa shape index (κ2) is 6.18. The van der Waals surface area contributed by atoms with Crippen LogP contribution < -0.4 is 16.6 Å². The summed E-state index contributed by atoms with van der Waals surface area (Å²) in [4.78, 5) is 29.9. The highest BCUT2D eigenvalue weighted by Gasteiger charge is 2.14. The first-order valence-electron chi connectivity index (χ1n) is 6.69. The minimum Gasteiger partial charge on any atom is -0.351 e. The van der Waals surface area contributed by atoms with E-state index in [0.717, 1.165) is 30.2 Å². The number of H-pyrrole nitrogens is 1. The number of carbonyl (C=O) groups excluding carboxylic acids is 1. The molecule has 4 N–H and O–H groups in total. The number of nitrogens with zero attached hydrogens (tertiary/aromatic N) is 1. The van der Waals surface area contributed by atoms with Crippen molar-refractivity contribution in [1.29, 1.82) is 0 Å². The maximum absolute atomic E-state index is 12.1. The number of primary amides is 1. The number of urea groups is 1. The molecule has 0 aliphatic heterocycles. The molecule has 0 saturated heterocycles. The van der Waals surface area contributed by atoms with E-state index in [1.54, 1.807) is 12.3 Å². The number of nitrogens with two attached hydrogens (primary N) is 1. The van der Waals surface area contributed by atoms with E-state index in [-0.39, 0.29) is 11.2 Å². The summed E-state index contributed by atoms with van der Waals surface area (Å²) in [7, 11) is 0. The zero-order valence-electron chi connectivity index (χ0n) is 11.4. The van der Waals surface area contributed by atoms with Crippen molar-refractivity contribution in [3.05, 3.63) is 34.2 Å². The lowest BCUT2D eigenvalue weighted by atomic mass is 10.0. The molecular weight excluding hydrogens is 256 g/mol. The first-order valence-corrected chi connectivity index (χ1v) is 6.69. The third kappa shape index (κ3) is 2.96. The third-order valence-electron chi connectivity index (χ3n) is 3.17. The Morgan fingerprint density at radius 1 is 1.45 bits per heavy atom. The van der Waals surface area contributed by atoms with Gasteiger partial charge in [0.1, 0.15) is 11.3 Å². The van der Waals surface area contributed by atoms with Gasteiger partial charge in [-0.05, 0) is 30.5 Å². The normalized spacial score (nSPS) is 10.7. The maximum Gasteiger partial charge on any atom is 0.316 e. The standard InChI is InChI=1S/C14H18N4O2/c1-2-3-4-6-9-10-7-5-8-16-12(10)18-13(19)11(9)17-14(15)20/h5,7-8H,2-4,6H2,1H3,(H3,15,17,20)(H,16,18,19). The number of fused-ring (bicyclic) bond motifs is 1. The molecule has 2 aromatic heterocycles. The van der Waals surface area contributed by atoms with Gasteiger partial charge in [0.15, 0.2) is 0 Å². The average molecular weight is 274 g/mol. The van der Waals surface area contributed by atoms with Crippen LogP contribution in [0.15, 0.2) is 23.1 Å². The molecule has 0 fully saturated rings. The van der Waals surface area contributed by atoms with Crippen molar-refractivity contribution in [2.45, 2.75) is 32.6 Å². The van der Waals surface area contributed by atoms with Gasteiger partial charge in [0.2, 0.25) is 0 Å². The van der Waals surface area contributed by atoms with E-state index < -0.39 is 6.03 Å². The number of pyridine rings is 2. The molecule has 2 rings (SSSR count). The van der Waals surface area contributed by atoms with Gasteiger partial charge >= 0.3 is 6.03 Å². The largest absolute Gasteiger partial charge is 0.351 e. The summed E-state index contributed by atoms with van der Waals surface area (Å²) in [5, 5.41) is 3.27. The van der Waals surface area contributed by atoms with Crippen LogP contribution in [-0.2, 0) is 6.42 Å². The van der Waals surface area contributed by atoms with Gasteiger partial charge in [-0.2, -0.15) is 0 Å². The van der Waals surface area contributed by atoms with Gasteiger partial charge in [-0.1, -0.05) is 19.8 Å². The molecule has 2 aromatic rings. The second-order valence-corrected chi connectivity index (χ2v) is 4.65. The van der Waals surface area contributed by atoms with Crippen LogP contribution in [0.1, 0.15) is 31.7 Å². The molecule has 0 unspecified atom stereocenters. The highest BCUT2D eigenvalue weighted by Crippen LogP contribution is 2.22. The highest BCUT2D eigenvalue weighted by molar-refractivity contribution is 5.93. The number of aromatic nitrogens is 2. The predicted molar refractivity (Wildman–Crippen MR) is 78.8 cm³/mol. The van der Waals surface area contributed by atoms with Gasteiger partial charge in [-0.25, -0.2) is 9.78 Å². The van der Waals surface area contributed by atoms with E-state index in [0.29, 0.717) is 12.1 Å². The van der Waals surface area contributed by atoms with E-state index in [1.807, 2.05) is 6.07 Å². The number of aromatic amines is 1. The third-order valence-corrected chi connectivity index (χ3v) is 3.17. The quantitative estimate of drug-likeness (QED) is 0.728. The number of hydrogen-bond acceptors (Lipinski definition) is 3. The number of aryl methyl sites for hydroxylation is 1. The summed E-state index contributed by atoms with van der Waals surface area (Å²) in [5.41, 5.74) is 6.32. The Labute approximate surface area is 116 Å². The van der Waals surface area contributed by atoms with Crippen molar-refractivity contribution >= 4 is 22.8 Å². The molecule has 0 aliphatic rings. The molecule has 0 bridgehead atoms. The van der Waals surface area contributed by atoms with Crippen LogP contribution in [0.25, 0.3) is 11.0 Å². The molecule has 6 nitrogen and oxygen atoms in total. The Morgan fingerprint density at radius 2 is 2.25 bits per heavy atom. The number of carbonyl (C=O) groups is 1.